The van der Waals surface area contributed by atoms with Crippen LogP contribution in [0.3, 0.4) is 0 Å². The highest BCUT2D eigenvalue weighted by molar-refractivity contribution is 6.35. The largest absolute Gasteiger partial charge is 0.335 e. The Morgan fingerprint density at radius 3 is 2.58 bits per heavy atom. The maximum absolute atomic E-state index is 11.9. The summed E-state index contributed by atoms with van der Waals surface area (Å²) in [6, 6.07) is 4.84. The van der Waals surface area contributed by atoms with Gasteiger partial charge >= 0.3 is 6.03 Å². The number of benzene rings is 1. The first-order chi connectivity index (χ1) is 11.5. The molecule has 5 nitrogen and oxygen atoms in total. The molecule has 0 aromatic heterocycles. The fourth-order valence-electron chi connectivity index (χ4n) is 2.85. The van der Waals surface area contributed by atoms with E-state index in [1.165, 1.54) is 6.42 Å². The molecule has 3 N–H and O–H groups in total. The monoisotopic (exact) mass is 371 g/mol. The van der Waals surface area contributed by atoms with Gasteiger partial charge in [-0.15, -0.1) is 0 Å². The third-order valence-corrected chi connectivity index (χ3v) is 4.75. The molecule has 1 aromatic carbocycles. The SMILES string of the molecule is C[C@H](NCC(=O)NC(=O)NC1CCCCC1)c1ccc(Cl)cc1Cl. The van der Waals surface area contributed by atoms with Gasteiger partial charge in [0.15, 0.2) is 0 Å². The minimum atomic E-state index is -0.425. The highest BCUT2D eigenvalue weighted by Gasteiger charge is 2.17. The van der Waals surface area contributed by atoms with Crippen LogP contribution in [0.1, 0.15) is 50.6 Å². The molecule has 1 fully saturated rings. The van der Waals surface area contributed by atoms with E-state index in [0.29, 0.717) is 10.0 Å². The number of hydrogen-bond acceptors (Lipinski definition) is 3. The molecule has 0 radical (unpaired) electrons. The van der Waals surface area contributed by atoms with Gasteiger partial charge in [-0.2, -0.15) is 0 Å². The third kappa shape index (κ3) is 5.96. The van der Waals surface area contributed by atoms with Crippen molar-refractivity contribution in [2.45, 2.75) is 51.1 Å². The Kier molecular flexibility index (Phi) is 7.34. The Balaban J connectivity index is 1.74. The molecule has 0 heterocycles. The quantitative estimate of drug-likeness (QED) is 0.736. The molecule has 2 rings (SSSR count). The molecule has 0 bridgehead atoms. The second kappa shape index (κ2) is 9.25. The number of imide groups is 1. The standard InChI is InChI=1S/C17H23Cl2N3O2/c1-11(14-8-7-12(18)9-15(14)19)20-10-16(23)22-17(24)21-13-5-3-2-4-6-13/h7-9,11,13,20H,2-6,10H2,1H3,(H2,21,22,23,24)/t11-/m0/s1. The molecule has 3 amide bonds. The average molecular weight is 372 g/mol. The van der Waals surface area contributed by atoms with Crippen LogP contribution in [0.5, 0.6) is 0 Å². The van der Waals surface area contributed by atoms with E-state index in [1.807, 2.05) is 13.0 Å². The Morgan fingerprint density at radius 1 is 1.21 bits per heavy atom. The highest BCUT2D eigenvalue weighted by atomic mass is 35.5. The first-order valence-corrected chi connectivity index (χ1v) is 9.00. The van der Waals surface area contributed by atoms with Crippen molar-refractivity contribution in [2.75, 3.05) is 6.54 Å². The lowest BCUT2D eigenvalue weighted by atomic mass is 9.96. The van der Waals surface area contributed by atoms with E-state index < -0.39 is 6.03 Å². The van der Waals surface area contributed by atoms with Gasteiger partial charge in [0, 0.05) is 22.1 Å². The molecular formula is C17H23Cl2N3O2. The number of amides is 3. The number of halogens is 2. The predicted molar refractivity (Wildman–Crippen MR) is 96.4 cm³/mol. The number of carbonyl (C=O) groups excluding carboxylic acids is 2. The molecule has 24 heavy (non-hydrogen) atoms. The third-order valence-electron chi connectivity index (χ3n) is 4.19. The zero-order valence-corrected chi connectivity index (χ0v) is 15.2. The summed E-state index contributed by atoms with van der Waals surface area (Å²) in [5.74, 6) is -0.375. The molecule has 0 spiro atoms. The van der Waals surface area contributed by atoms with Gasteiger partial charge in [0.25, 0.3) is 0 Å². The molecule has 1 aromatic rings. The van der Waals surface area contributed by atoms with Gasteiger partial charge in [-0.1, -0.05) is 48.5 Å². The van der Waals surface area contributed by atoms with Crippen molar-refractivity contribution in [3.05, 3.63) is 33.8 Å². The van der Waals surface area contributed by atoms with Gasteiger partial charge in [-0.3, -0.25) is 10.1 Å². The summed E-state index contributed by atoms with van der Waals surface area (Å²) < 4.78 is 0. The van der Waals surface area contributed by atoms with Crippen molar-refractivity contribution in [1.29, 1.82) is 0 Å². The van der Waals surface area contributed by atoms with Crippen LogP contribution in [-0.2, 0) is 4.79 Å². The topological polar surface area (TPSA) is 70.2 Å². The fourth-order valence-corrected chi connectivity index (χ4v) is 3.42. The van der Waals surface area contributed by atoms with E-state index in [-0.39, 0.29) is 24.5 Å². The molecule has 132 valence electrons. The summed E-state index contributed by atoms with van der Waals surface area (Å²) in [5.41, 5.74) is 0.848. The van der Waals surface area contributed by atoms with E-state index in [9.17, 15) is 9.59 Å². The summed E-state index contributed by atoms with van der Waals surface area (Å²) >= 11 is 12.0. The molecule has 0 saturated heterocycles. The van der Waals surface area contributed by atoms with Crippen molar-refractivity contribution in [1.82, 2.24) is 16.0 Å². The van der Waals surface area contributed by atoms with Gasteiger partial charge < -0.3 is 10.6 Å². The van der Waals surface area contributed by atoms with Crippen LogP contribution in [0, 0.1) is 0 Å². The molecule has 7 heteroatoms. The van der Waals surface area contributed by atoms with Crippen LogP contribution in [0.15, 0.2) is 18.2 Å². The van der Waals surface area contributed by atoms with Crippen molar-refractivity contribution < 1.29 is 9.59 Å². The average Bonchev–Trinajstić information content (AvgIpc) is 2.53. The minimum absolute atomic E-state index is 0.0260. The molecule has 0 unspecified atom stereocenters. The van der Waals surface area contributed by atoms with Gasteiger partial charge in [0.1, 0.15) is 0 Å². The summed E-state index contributed by atoms with van der Waals surface area (Å²) in [7, 11) is 0. The van der Waals surface area contributed by atoms with E-state index >= 15 is 0 Å². The summed E-state index contributed by atoms with van der Waals surface area (Å²) in [6.45, 7) is 1.92. The van der Waals surface area contributed by atoms with E-state index in [4.69, 9.17) is 23.2 Å². The first-order valence-electron chi connectivity index (χ1n) is 8.24. The Bertz CT molecular complexity index is 589. The molecule has 0 aliphatic heterocycles. The number of urea groups is 1. The van der Waals surface area contributed by atoms with Gasteiger partial charge in [0.05, 0.1) is 6.54 Å². The lowest BCUT2D eigenvalue weighted by molar-refractivity contribution is -0.119. The number of nitrogens with one attached hydrogen (secondary N) is 3. The van der Waals surface area contributed by atoms with E-state index in [0.717, 1.165) is 31.2 Å². The van der Waals surface area contributed by atoms with Crippen LogP contribution < -0.4 is 16.0 Å². The zero-order chi connectivity index (χ0) is 17.5. The van der Waals surface area contributed by atoms with Crippen LogP contribution >= 0.6 is 23.2 Å². The Labute approximate surface area is 152 Å². The summed E-state index contributed by atoms with van der Waals surface area (Å²) in [5, 5.41) is 9.35. The van der Waals surface area contributed by atoms with Crippen LogP contribution in [0.25, 0.3) is 0 Å². The van der Waals surface area contributed by atoms with Crippen molar-refractivity contribution in [3.8, 4) is 0 Å². The maximum Gasteiger partial charge on any atom is 0.321 e. The van der Waals surface area contributed by atoms with Gasteiger partial charge in [-0.05, 0) is 37.5 Å². The molecule has 1 aliphatic rings. The van der Waals surface area contributed by atoms with E-state index in [1.54, 1.807) is 12.1 Å². The van der Waals surface area contributed by atoms with Crippen molar-refractivity contribution in [2.24, 2.45) is 0 Å². The lowest BCUT2D eigenvalue weighted by Gasteiger charge is -2.22. The van der Waals surface area contributed by atoms with Crippen LogP contribution in [-0.4, -0.2) is 24.5 Å². The zero-order valence-electron chi connectivity index (χ0n) is 13.7. The van der Waals surface area contributed by atoms with Crippen LogP contribution in [0.4, 0.5) is 4.79 Å². The van der Waals surface area contributed by atoms with Crippen LogP contribution in [0.2, 0.25) is 10.0 Å². The first kappa shape index (κ1) is 19.0. The number of carbonyl (C=O) groups is 2. The predicted octanol–water partition coefficient (Wildman–Crippen LogP) is 3.80. The highest BCUT2D eigenvalue weighted by Crippen LogP contribution is 2.25. The Hall–Kier alpha value is -1.30. The Morgan fingerprint density at radius 2 is 1.92 bits per heavy atom. The molecular weight excluding hydrogens is 349 g/mol. The van der Waals surface area contributed by atoms with Crippen molar-refractivity contribution >= 4 is 35.1 Å². The normalized spacial score (nSPS) is 16.5. The lowest BCUT2D eigenvalue weighted by Crippen LogP contribution is -2.47. The molecule has 1 saturated carbocycles. The second-order valence-electron chi connectivity index (χ2n) is 6.12. The maximum atomic E-state index is 11.9. The number of rotatable bonds is 5. The van der Waals surface area contributed by atoms with Crippen molar-refractivity contribution in [3.63, 3.8) is 0 Å². The van der Waals surface area contributed by atoms with E-state index in [2.05, 4.69) is 16.0 Å². The molecule has 1 atom stereocenters. The van der Waals surface area contributed by atoms with Gasteiger partial charge in [-0.25, -0.2) is 4.79 Å². The minimum Gasteiger partial charge on any atom is -0.335 e. The fraction of sp³-hybridized carbons (Fsp3) is 0.529. The number of hydrogen-bond donors (Lipinski definition) is 3. The second-order valence-corrected chi connectivity index (χ2v) is 6.97. The smallest absolute Gasteiger partial charge is 0.321 e. The molecule has 1 aliphatic carbocycles. The summed E-state index contributed by atoms with van der Waals surface area (Å²) in [4.78, 5) is 23.7. The summed E-state index contributed by atoms with van der Waals surface area (Å²) in [6.07, 6.45) is 5.42. The van der Waals surface area contributed by atoms with Gasteiger partial charge in [0.2, 0.25) is 5.91 Å².